The van der Waals surface area contributed by atoms with Gasteiger partial charge in [-0.15, -0.1) is 12.4 Å². The van der Waals surface area contributed by atoms with Crippen molar-refractivity contribution in [3.8, 4) is 5.75 Å². The van der Waals surface area contributed by atoms with Crippen molar-refractivity contribution in [1.82, 2.24) is 0 Å². The smallest absolute Gasteiger partial charge is 0.243 e. The summed E-state index contributed by atoms with van der Waals surface area (Å²) in [6, 6.07) is 6.52. The fourth-order valence-corrected chi connectivity index (χ4v) is 1.34. The molecular formula is C13H21ClN2O3. The van der Waals surface area contributed by atoms with Gasteiger partial charge in [0.15, 0.2) is 0 Å². The van der Waals surface area contributed by atoms with Gasteiger partial charge in [0, 0.05) is 12.8 Å². The molecule has 3 N–H and O–H groups in total. The van der Waals surface area contributed by atoms with Crippen molar-refractivity contribution in [2.45, 2.75) is 19.4 Å². The lowest BCUT2D eigenvalue weighted by atomic mass is 10.2. The maximum atomic E-state index is 11.6. The Balaban J connectivity index is 0.00000324. The van der Waals surface area contributed by atoms with Crippen LogP contribution in [0.4, 0.5) is 5.69 Å². The first-order chi connectivity index (χ1) is 8.67. The molecule has 0 aliphatic rings. The molecule has 0 fully saturated rings. The number of nitrogens with two attached hydrogens (primary N) is 1. The third-order valence-corrected chi connectivity index (χ3v) is 2.28. The lowest BCUT2D eigenvalue weighted by Gasteiger charge is -2.11. The first-order valence-electron chi connectivity index (χ1n) is 5.95. The predicted molar refractivity (Wildman–Crippen MR) is 78.0 cm³/mol. The Bertz CT molecular complexity index is 371. The second-order valence-electron chi connectivity index (χ2n) is 3.92. The van der Waals surface area contributed by atoms with E-state index in [4.69, 9.17) is 15.2 Å². The summed E-state index contributed by atoms with van der Waals surface area (Å²) >= 11 is 0. The Hall–Kier alpha value is -1.30. The zero-order valence-corrected chi connectivity index (χ0v) is 12.0. The van der Waals surface area contributed by atoms with Crippen molar-refractivity contribution in [2.75, 3.05) is 25.6 Å². The number of anilines is 1. The first-order valence-corrected chi connectivity index (χ1v) is 5.95. The summed E-state index contributed by atoms with van der Waals surface area (Å²) in [4.78, 5) is 11.6. The summed E-state index contributed by atoms with van der Waals surface area (Å²) in [6.07, 6.45) is 0.963. The molecule has 1 aromatic rings. The number of hydrogen-bond acceptors (Lipinski definition) is 4. The van der Waals surface area contributed by atoms with Gasteiger partial charge in [-0.25, -0.2) is 0 Å². The van der Waals surface area contributed by atoms with Gasteiger partial charge in [0.1, 0.15) is 11.8 Å². The molecule has 1 aromatic carbocycles. The second kappa shape index (κ2) is 9.61. The highest BCUT2D eigenvalue weighted by molar-refractivity contribution is 5.94. The van der Waals surface area contributed by atoms with Crippen molar-refractivity contribution in [3.05, 3.63) is 24.3 Å². The van der Waals surface area contributed by atoms with Gasteiger partial charge in [0.2, 0.25) is 5.91 Å². The van der Waals surface area contributed by atoms with Crippen LogP contribution >= 0.6 is 12.4 Å². The molecule has 0 saturated heterocycles. The number of amides is 1. The molecule has 0 aromatic heterocycles. The van der Waals surface area contributed by atoms with E-state index >= 15 is 0 Å². The van der Waals surface area contributed by atoms with E-state index in [1.165, 1.54) is 7.11 Å². The molecule has 0 spiro atoms. The summed E-state index contributed by atoms with van der Waals surface area (Å²) in [6.45, 7) is 2.93. The summed E-state index contributed by atoms with van der Waals surface area (Å²) in [7, 11) is 1.51. The summed E-state index contributed by atoms with van der Waals surface area (Å²) in [5.41, 5.74) is 6.30. The van der Waals surface area contributed by atoms with Crippen LogP contribution in [0.25, 0.3) is 0 Å². The van der Waals surface area contributed by atoms with E-state index in [0.717, 1.165) is 12.2 Å². The number of nitrogens with one attached hydrogen (secondary N) is 1. The van der Waals surface area contributed by atoms with E-state index < -0.39 is 6.04 Å². The van der Waals surface area contributed by atoms with Crippen LogP contribution in [0.2, 0.25) is 0 Å². The van der Waals surface area contributed by atoms with E-state index in [-0.39, 0.29) is 24.9 Å². The van der Waals surface area contributed by atoms with Crippen molar-refractivity contribution < 1.29 is 14.3 Å². The molecule has 1 amide bonds. The molecule has 0 saturated carbocycles. The molecule has 108 valence electrons. The Morgan fingerprint density at radius 3 is 2.53 bits per heavy atom. The fraction of sp³-hybridized carbons (Fsp3) is 0.462. The van der Waals surface area contributed by atoms with E-state index in [1.54, 1.807) is 12.1 Å². The highest BCUT2D eigenvalue weighted by Crippen LogP contribution is 2.15. The minimum atomic E-state index is -0.661. The SMILES string of the molecule is CCCOc1ccc(NC(=O)C(N)COC)cc1.Cl. The number of hydrogen-bond donors (Lipinski definition) is 2. The molecule has 6 heteroatoms. The molecule has 0 aliphatic heterocycles. The van der Waals surface area contributed by atoms with E-state index in [9.17, 15) is 4.79 Å². The van der Waals surface area contributed by atoms with Crippen LogP contribution in [0, 0.1) is 0 Å². The Morgan fingerprint density at radius 1 is 1.37 bits per heavy atom. The van der Waals surface area contributed by atoms with Gasteiger partial charge in [-0.1, -0.05) is 6.92 Å². The molecular weight excluding hydrogens is 268 g/mol. The van der Waals surface area contributed by atoms with Crippen LogP contribution in [0.15, 0.2) is 24.3 Å². The molecule has 0 radical (unpaired) electrons. The average molecular weight is 289 g/mol. The lowest BCUT2D eigenvalue weighted by molar-refractivity contribution is -0.118. The normalized spacial score (nSPS) is 11.3. The van der Waals surface area contributed by atoms with E-state index in [0.29, 0.717) is 12.3 Å². The Morgan fingerprint density at radius 2 is 2.00 bits per heavy atom. The van der Waals surface area contributed by atoms with Crippen molar-refractivity contribution in [3.63, 3.8) is 0 Å². The molecule has 1 rings (SSSR count). The van der Waals surface area contributed by atoms with Crippen LogP contribution in [0.3, 0.4) is 0 Å². The Labute approximate surface area is 119 Å². The molecule has 0 bridgehead atoms. The minimum Gasteiger partial charge on any atom is -0.494 e. The zero-order chi connectivity index (χ0) is 13.4. The predicted octanol–water partition coefficient (Wildman–Crippen LogP) is 1.81. The number of ether oxygens (including phenoxy) is 2. The number of rotatable bonds is 7. The van der Waals surface area contributed by atoms with E-state index in [1.807, 2.05) is 19.1 Å². The minimum absolute atomic E-state index is 0. The van der Waals surface area contributed by atoms with Crippen molar-refractivity contribution in [2.24, 2.45) is 5.73 Å². The van der Waals surface area contributed by atoms with Crippen LogP contribution in [-0.4, -0.2) is 32.3 Å². The molecule has 5 nitrogen and oxygen atoms in total. The first kappa shape index (κ1) is 17.7. The van der Waals surface area contributed by atoms with Gasteiger partial charge in [-0.2, -0.15) is 0 Å². The van der Waals surface area contributed by atoms with Gasteiger partial charge in [0.25, 0.3) is 0 Å². The van der Waals surface area contributed by atoms with Crippen molar-refractivity contribution in [1.29, 1.82) is 0 Å². The molecule has 1 atom stereocenters. The van der Waals surface area contributed by atoms with Gasteiger partial charge < -0.3 is 20.5 Å². The largest absolute Gasteiger partial charge is 0.494 e. The Kier molecular flexibility index (Phi) is 8.95. The summed E-state index contributed by atoms with van der Waals surface area (Å²) in [5.74, 6) is 0.523. The third kappa shape index (κ3) is 6.42. The van der Waals surface area contributed by atoms with Gasteiger partial charge >= 0.3 is 0 Å². The zero-order valence-electron chi connectivity index (χ0n) is 11.2. The highest BCUT2D eigenvalue weighted by Gasteiger charge is 2.12. The maximum absolute atomic E-state index is 11.6. The topological polar surface area (TPSA) is 73.6 Å². The van der Waals surface area contributed by atoms with E-state index in [2.05, 4.69) is 5.32 Å². The number of methoxy groups -OCH3 is 1. The average Bonchev–Trinajstić information content (AvgIpc) is 2.38. The molecule has 0 aliphatic carbocycles. The number of benzene rings is 1. The summed E-state index contributed by atoms with van der Waals surface area (Å²) in [5, 5.41) is 2.71. The number of carbonyl (C=O) groups is 1. The van der Waals surface area contributed by atoms with Gasteiger partial charge in [-0.3, -0.25) is 4.79 Å². The standard InChI is InChI=1S/C13H20N2O3.ClH/c1-3-8-18-11-6-4-10(5-7-11)15-13(16)12(14)9-17-2;/h4-7,12H,3,8-9,14H2,1-2H3,(H,15,16);1H. The molecule has 19 heavy (non-hydrogen) atoms. The maximum Gasteiger partial charge on any atom is 0.243 e. The third-order valence-electron chi connectivity index (χ3n) is 2.28. The fourth-order valence-electron chi connectivity index (χ4n) is 1.34. The monoisotopic (exact) mass is 288 g/mol. The molecule has 0 heterocycles. The van der Waals surface area contributed by atoms with Gasteiger partial charge in [0.05, 0.1) is 13.2 Å². The van der Waals surface area contributed by atoms with Crippen LogP contribution < -0.4 is 15.8 Å². The second-order valence-corrected chi connectivity index (χ2v) is 3.92. The highest BCUT2D eigenvalue weighted by atomic mass is 35.5. The van der Waals surface area contributed by atoms with Crippen LogP contribution in [0.1, 0.15) is 13.3 Å². The lowest BCUT2D eigenvalue weighted by Crippen LogP contribution is -2.39. The summed E-state index contributed by atoms with van der Waals surface area (Å²) < 4.78 is 10.3. The quantitative estimate of drug-likeness (QED) is 0.802. The number of carbonyl (C=O) groups excluding carboxylic acids is 1. The molecule has 1 unspecified atom stereocenters. The van der Waals surface area contributed by atoms with Gasteiger partial charge in [-0.05, 0) is 30.7 Å². The van der Waals surface area contributed by atoms with Crippen LogP contribution in [0.5, 0.6) is 5.75 Å². The van der Waals surface area contributed by atoms with Crippen LogP contribution in [-0.2, 0) is 9.53 Å². The van der Waals surface area contributed by atoms with Crippen molar-refractivity contribution >= 4 is 24.0 Å². The number of halogens is 1.